The highest BCUT2D eigenvalue weighted by molar-refractivity contribution is 5.94. The molecule has 0 aliphatic rings. The Balaban J connectivity index is 1.85. The van der Waals surface area contributed by atoms with Crippen molar-refractivity contribution in [3.8, 4) is 5.69 Å². The molecule has 0 fully saturated rings. The monoisotopic (exact) mass is 418 g/mol. The van der Waals surface area contributed by atoms with Gasteiger partial charge < -0.3 is 10.2 Å². The highest BCUT2D eigenvalue weighted by Gasteiger charge is 2.23. The van der Waals surface area contributed by atoms with Gasteiger partial charge in [0.05, 0.1) is 11.4 Å². The van der Waals surface area contributed by atoms with Crippen LogP contribution in [0.1, 0.15) is 44.5 Å². The van der Waals surface area contributed by atoms with Crippen LogP contribution in [0.15, 0.2) is 60.7 Å². The molecule has 0 spiro atoms. The second-order valence-electron chi connectivity index (χ2n) is 8.77. The normalized spacial score (nSPS) is 11.3. The van der Waals surface area contributed by atoms with E-state index in [1.165, 1.54) is 11.8 Å². The van der Waals surface area contributed by atoms with Crippen LogP contribution in [0.2, 0.25) is 0 Å². The van der Waals surface area contributed by atoms with Crippen molar-refractivity contribution in [3.63, 3.8) is 0 Å². The summed E-state index contributed by atoms with van der Waals surface area (Å²) < 4.78 is 1.77. The van der Waals surface area contributed by atoms with Gasteiger partial charge in [-0.3, -0.25) is 9.59 Å². The first kappa shape index (κ1) is 22.3. The van der Waals surface area contributed by atoms with Gasteiger partial charge in [0, 0.05) is 24.9 Å². The molecule has 162 valence electrons. The molecule has 0 unspecified atom stereocenters. The Kier molecular flexibility index (Phi) is 6.59. The van der Waals surface area contributed by atoms with Crippen molar-refractivity contribution in [2.75, 3.05) is 11.9 Å². The lowest BCUT2D eigenvalue weighted by Gasteiger charge is -2.21. The second kappa shape index (κ2) is 9.16. The zero-order valence-electron chi connectivity index (χ0n) is 18.8. The minimum absolute atomic E-state index is 0.0337. The second-order valence-corrected chi connectivity index (χ2v) is 8.77. The van der Waals surface area contributed by atoms with Gasteiger partial charge in [-0.25, -0.2) is 4.68 Å². The average Bonchev–Trinajstić information content (AvgIpc) is 3.12. The Bertz CT molecular complexity index is 1060. The highest BCUT2D eigenvalue weighted by atomic mass is 16.2. The molecule has 3 aromatic rings. The molecule has 1 N–H and O–H groups in total. The van der Waals surface area contributed by atoms with Gasteiger partial charge in [0.2, 0.25) is 11.8 Å². The lowest BCUT2D eigenvalue weighted by Crippen LogP contribution is -2.36. The molecule has 31 heavy (non-hydrogen) atoms. The summed E-state index contributed by atoms with van der Waals surface area (Å²) in [6.07, 6.45) is 0. The average molecular weight is 419 g/mol. The fraction of sp³-hybridized carbons (Fsp3) is 0.320. The summed E-state index contributed by atoms with van der Waals surface area (Å²) in [6.45, 7) is 10.1. The quantitative estimate of drug-likeness (QED) is 0.642. The van der Waals surface area contributed by atoms with E-state index >= 15 is 0 Å². The predicted octanol–water partition coefficient (Wildman–Crippen LogP) is 4.47. The number of anilines is 1. The minimum atomic E-state index is -0.263. The van der Waals surface area contributed by atoms with Crippen molar-refractivity contribution in [1.29, 1.82) is 0 Å². The van der Waals surface area contributed by atoms with Crippen LogP contribution in [-0.4, -0.2) is 33.0 Å². The van der Waals surface area contributed by atoms with E-state index in [-0.39, 0.29) is 23.8 Å². The van der Waals surface area contributed by atoms with Crippen LogP contribution in [0.3, 0.4) is 0 Å². The van der Waals surface area contributed by atoms with Crippen LogP contribution in [-0.2, 0) is 21.5 Å². The lowest BCUT2D eigenvalue weighted by molar-refractivity contribution is -0.133. The van der Waals surface area contributed by atoms with E-state index in [1.54, 1.807) is 4.68 Å². The van der Waals surface area contributed by atoms with E-state index in [0.717, 1.165) is 22.5 Å². The van der Waals surface area contributed by atoms with Crippen LogP contribution in [0.25, 0.3) is 5.69 Å². The summed E-state index contributed by atoms with van der Waals surface area (Å²) in [6, 6.07) is 19.5. The first-order valence-corrected chi connectivity index (χ1v) is 10.4. The molecule has 1 heterocycles. The van der Waals surface area contributed by atoms with E-state index in [0.29, 0.717) is 12.4 Å². The summed E-state index contributed by atoms with van der Waals surface area (Å²) in [7, 11) is 0. The summed E-state index contributed by atoms with van der Waals surface area (Å²) in [5, 5.41) is 7.74. The molecule has 1 aromatic heterocycles. The molecular formula is C25H30N4O2. The minimum Gasteiger partial charge on any atom is -0.329 e. The number of nitrogens with zero attached hydrogens (tertiary/aromatic N) is 3. The summed E-state index contributed by atoms with van der Waals surface area (Å²) >= 11 is 0. The van der Waals surface area contributed by atoms with Crippen LogP contribution >= 0.6 is 0 Å². The first-order valence-electron chi connectivity index (χ1n) is 10.4. The third kappa shape index (κ3) is 5.60. The third-order valence-corrected chi connectivity index (χ3v) is 5.08. The third-order valence-electron chi connectivity index (χ3n) is 5.08. The number of carbonyl (C=O) groups is 2. The van der Waals surface area contributed by atoms with Gasteiger partial charge in [0.25, 0.3) is 0 Å². The first-order chi connectivity index (χ1) is 14.6. The maximum absolute atomic E-state index is 12.9. The number of benzene rings is 2. The maximum Gasteiger partial charge on any atom is 0.245 e. The van der Waals surface area contributed by atoms with Gasteiger partial charge in [-0.15, -0.1) is 0 Å². The number of hydrogen-bond donors (Lipinski definition) is 1. The van der Waals surface area contributed by atoms with Crippen LogP contribution < -0.4 is 5.32 Å². The van der Waals surface area contributed by atoms with Crippen molar-refractivity contribution >= 4 is 17.6 Å². The highest BCUT2D eigenvalue weighted by Crippen LogP contribution is 2.27. The number of para-hydroxylation sites is 1. The predicted molar refractivity (Wildman–Crippen MR) is 123 cm³/mol. The molecule has 0 bridgehead atoms. The lowest BCUT2D eigenvalue weighted by atomic mass is 9.92. The van der Waals surface area contributed by atoms with Gasteiger partial charge >= 0.3 is 0 Å². The van der Waals surface area contributed by atoms with Crippen molar-refractivity contribution < 1.29 is 9.59 Å². The zero-order chi connectivity index (χ0) is 22.6. The van der Waals surface area contributed by atoms with Crippen LogP contribution in [0.4, 0.5) is 5.82 Å². The van der Waals surface area contributed by atoms with E-state index in [2.05, 4.69) is 26.1 Å². The topological polar surface area (TPSA) is 67.2 Å². The molecule has 2 aromatic carbocycles. The maximum atomic E-state index is 12.9. The molecule has 3 rings (SSSR count). The van der Waals surface area contributed by atoms with Crippen molar-refractivity contribution in [1.82, 2.24) is 14.7 Å². The molecule has 0 saturated heterocycles. The Morgan fingerprint density at radius 2 is 1.68 bits per heavy atom. The number of rotatable bonds is 6. The molecule has 0 aliphatic heterocycles. The summed E-state index contributed by atoms with van der Waals surface area (Å²) in [4.78, 5) is 26.6. The molecular weight excluding hydrogens is 388 g/mol. The molecule has 0 atom stereocenters. The molecule has 6 nitrogen and oxygen atoms in total. The fourth-order valence-corrected chi connectivity index (χ4v) is 3.26. The SMILES string of the molecule is CC(=O)N(CC(=O)Nc1cc(C(C)(C)C)nn1-c1ccccc1C)Cc1ccccc1. The van der Waals surface area contributed by atoms with Gasteiger partial charge in [-0.2, -0.15) is 5.10 Å². The van der Waals surface area contributed by atoms with Crippen molar-refractivity contribution in [2.24, 2.45) is 0 Å². The molecule has 0 radical (unpaired) electrons. The Morgan fingerprint density at radius 1 is 1.03 bits per heavy atom. The summed E-state index contributed by atoms with van der Waals surface area (Å²) in [5.41, 5.74) is 3.63. The molecule has 0 saturated carbocycles. The van der Waals surface area contributed by atoms with E-state index in [4.69, 9.17) is 5.10 Å². The van der Waals surface area contributed by atoms with E-state index < -0.39 is 0 Å². The van der Waals surface area contributed by atoms with Crippen molar-refractivity contribution in [3.05, 3.63) is 77.5 Å². The molecule has 6 heteroatoms. The number of hydrogen-bond acceptors (Lipinski definition) is 3. The van der Waals surface area contributed by atoms with E-state index in [1.807, 2.05) is 67.6 Å². The van der Waals surface area contributed by atoms with Gasteiger partial charge in [0.1, 0.15) is 12.4 Å². The standard InChI is InChI=1S/C25H30N4O2/c1-18-11-9-10-14-21(18)29-23(15-22(27-29)25(3,4)5)26-24(31)17-28(19(2)30)16-20-12-7-6-8-13-20/h6-15H,16-17H2,1-5H3,(H,26,31). The van der Waals surface area contributed by atoms with Crippen LogP contribution in [0.5, 0.6) is 0 Å². The Labute approximate surface area is 183 Å². The van der Waals surface area contributed by atoms with Crippen LogP contribution in [0, 0.1) is 6.92 Å². The Hall–Kier alpha value is -3.41. The number of nitrogens with one attached hydrogen (secondary N) is 1. The number of aromatic nitrogens is 2. The zero-order valence-corrected chi connectivity index (χ0v) is 18.8. The van der Waals surface area contributed by atoms with E-state index in [9.17, 15) is 9.59 Å². The molecule has 0 aliphatic carbocycles. The number of amides is 2. The largest absolute Gasteiger partial charge is 0.329 e. The summed E-state index contributed by atoms with van der Waals surface area (Å²) in [5.74, 6) is 0.176. The Morgan fingerprint density at radius 3 is 2.29 bits per heavy atom. The fourth-order valence-electron chi connectivity index (χ4n) is 3.26. The molecule has 2 amide bonds. The van der Waals surface area contributed by atoms with Crippen molar-refractivity contribution in [2.45, 2.75) is 46.6 Å². The van der Waals surface area contributed by atoms with Gasteiger partial charge in [0.15, 0.2) is 0 Å². The number of carbonyl (C=O) groups excluding carboxylic acids is 2. The van der Waals surface area contributed by atoms with Gasteiger partial charge in [-0.1, -0.05) is 69.3 Å². The smallest absolute Gasteiger partial charge is 0.245 e. The number of aryl methyl sites for hydroxylation is 1. The van der Waals surface area contributed by atoms with Gasteiger partial charge in [-0.05, 0) is 24.1 Å².